The van der Waals surface area contributed by atoms with Crippen molar-refractivity contribution in [2.24, 2.45) is 0 Å². The summed E-state index contributed by atoms with van der Waals surface area (Å²) >= 11 is 5.65. The van der Waals surface area contributed by atoms with Crippen molar-refractivity contribution in [1.82, 2.24) is 5.48 Å². The molecule has 2 nitrogen and oxygen atoms in total. The highest BCUT2D eigenvalue weighted by Gasteiger charge is 2.17. The molecule has 1 aromatic rings. The van der Waals surface area contributed by atoms with Crippen molar-refractivity contribution in [2.75, 3.05) is 6.61 Å². The standard InChI is InChI=1S/C9H9ClFNO/c10-7-5-6(1-2-8(7)11)9-3-4-13-12-9/h1-2,5,9,12H,3-4H2. The lowest BCUT2D eigenvalue weighted by Gasteiger charge is -2.08. The van der Waals surface area contributed by atoms with Crippen molar-refractivity contribution < 1.29 is 9.23 Å². The smallest absolute Gasteiger partial charge is 0.141 e. The van der Waals surface area contributed by atoms with Gasteiger partial charge in [0.1, 0.15) is 5.82 Å². The minimum Gasteiger partial charge on any atom is -0.301 e. The van der Waals surface area contributed by atoms with Gasteiger partial charge in [0.25, 0.3) is 0 Å². The Kier molecular flexibility index (Phi) is 2.49. The Morgan fingerprint density at radius 3 is 3.00 bits per heavy atom. The van der Waals surface area contributed by atoms with Crippen LogP contribution in [0.1, 0.15) is 18.0 Å². The lowest BCUT2D eigenvalue weighted by molar-refractivity contribution is 0.0883. The van der Waals surface area contributed by atoms with Crippen LogP contribution in [0.2, 0.25) is 5.02 Å². The highest BCUT2D eigenvalue weighted by molar-refractivity contribution is 6.30. The molecule has 4 heteroatoms. The van der Waals surface area contributed by atoms with Gasteiger partial charge in [0.05, 0.1) is 17.7 Å². The van der Waals surface area contributed by atoms with E-state index in [1.54, 1.807) is 12.1 Å². The van der Waals surface area contributed by atoms with Crippen LogP contribution in [0.4, 0.5) is 4.39 Å². The third-order valence-corrected chi connectivity index (χ3v) is 2.37. The second-order valence-electron chi connectivity index (χ2n) is 2.98. The van der Waals surface area contributed by atoms with Crippen LogP contribution in [0.3, 0.4) is 0 Å². The van der Waals surface area contributed by atoms with Crippen LogP contribution < -0.4 is 5.48 Å². The normalized spacial score (nSPS) is 22.2. The third kappa shape index (κ3) is 1.82. The zero-order chi connectivity index (χ0) is 9.26. The van der Waals surface area contributed by atoms with E-state index in [0.29, 0.717) is 6.61 Å². The van der Waals surface area contributed by atoms with Crippen molar-refractivity contribution in [3.05, 3.63) is 34.6 Å². The quantitative estimate of drug-likeness (QED) is 0.754. The fourth-order valence-corrected chi connectivity index (χ4v) is 1.55. The summed E-state index contributed by atoms with van der Waals surface area (Å²) in [6, 6.07) is 4.85. The van der Waals surface area contributed by atoms with Gasteiger partial charge in [-0.3, -0.25) is 0 Å². The number of hydroxylamine groups is 1. The van der Waals surface area contributed by atoms with Gasteiger partial charge in [0.15, 0.2) is 0 Å². The Hall–Kier alpha value is -0.640. The van der Waals surface area contributed by atoms with Gasteiger partial charge in [0.2, 0.25) is 0 Å². The first-order chi connectivity index (χ1) is 6.27. The number of nitrogens with one attached hydrogen (secondary N) is 1. The van der Waals surface area contributed by atoms with E-state index in [1.165, 1.54) is 6.07 Å². The molecule has 1 heterocycles. The molecular weight excluding hydrogens is 193 g/mol. The second kappa shape index (κ2) is 3.62. The molecule has 70 valence electrons. The van der Waals surface area contributed by atoms with Gasteiger partial charge in [-0.1, -0.05) is 17.7 Å². The van der Waals surface area contributed by atoms with E-state index >= 15 is 0 Å². The van der Waals surface area contributed by atoms with Gasteiger partial charge >= 0.3 is 0 Å². The minimum atomic E-state index is -0.385. The summed E-state index contributed by atoms with van der Waals surface area (Å²) in [4.78, 5) is 4.99. The molecule has 1 aromatic carbocycles. The average molecular weight is 202 g/mol. The first-order valence-corrected chi connectivity index (χ1v) is 4.47. The predicted octanol–water partition coefficient (Wildman–Crippen LogP) is 2.45. The molecule has 1 aliphatic rings. The number of halogens is 2. The monoisotopic (exact) mass is 201 g/mol. The van der Waals surface area contributed by atoms with Crippen LogP contribution in [0.25, 0.3) is 0 Å². The Balaban J connectivity index is 2.25. The summed E-state index contributed by atoms with van der Waals surface area (Å²) in [6.07, 6.45) is 0.891. The van der Waals surface area contributed by atoms with E-state index in [4.69, 9.17) is 16.4 Å². The van der Waals surface area contributed by atoms with Crippen LogP contribution in [0.5, 0.6) is 0 Å². The van der Waals surface area contributed by atoms with Gasteiger partial charge in [-0.2, -0.15) is 5.48 Å². The van der Waals surface area contributed by atoms with Crippen molar-refractivity contribution in [3.63, 3.8) is 0 Å². The highest BCUT2D eigenvalue weighted by Crippen LogP contribution is 2.25. The van der Waals surface area contributed by atoms with Crippen molar-refractivity contribution in [2.45, 2.75) is 12.5 Å². The molecule has 1 unspecified atom stereocenters. The molecule has 0 aliphatic carbocycles. The molecular formula is C9H9ClFNO. The van der Waals surface area contributed by atoms with Gasteiger partial charge in [-0.05, 0) is 24.1 Å². The molecule has 0 aromatic heterocycles. The topological polar surface area (TPSA) is 21.3 Å². The SMILES string of the molecule is Fc1ccc(C2CCON2)cc1Cl. The highest BCUT2D eigenvalue weighted by atomic mass is 35.5. The lowest BCUT2D eigenvalue weighted by Crippen LogP contribution is -2.11. The van der Waals surface area contributed by atoms with E-state index < -0.39 is 0 Å². The van der Waals surface area contributed by atoms with E-state index in [9.17, 15) is 4.39 Å². The molecule has 1 aliphatic heterocycles. The zero-order valence-electron chi connectivity index (χ0n) is 6.89. The summed E-state index contributed by atoms with van der Waals surface area (Å²) < 4.78 is 12.8. The summed E-state index contributed by atoms with van der Waals surface area (Å²) in [6.45, 7) is 0.680. The van der Waals surface area contributed by atoms with Crippen LogP contribution in [0, 0.1) is 5.82 Å². The van der Waals surface area contributed by atoms with Gasteiger partial charge in [-0.15, -0.1) is 0 Å². The summed E-state index contributed by atoms with van der Waals surface area (Å²) in [5.41, 5.74) is 3.80. The summed E-state index contributed by atoms with van der Waals surface area (Å²) in [5, 5.41) is 0.159. The van der Waals surface area contributed by atoms with E-state index in [0.717, 1.165) is 12.0 Å². The fourth-order valence-electron chi connectivity index (χ4n) is 1.36. The Morgan fingerprint density at radius 2 is 2.38 bits per heavy atom. The van der Waals surface area contributed by atoms with Crippen molar-refractivity contribution >= 4 is 11.6 Å². The molecule has 1 fully saturated rings. The first-order valence-electron chi connectivity index (χ1n) is 4.09. The molecule has 0 amide bonds. The molecule has 2 rings (SSSR count). The number of hydrogen-bond acceptors (Lipinski definition) is 2. The first kappa shape index (κ1) is 8.94. The predicted molar refractivity (Wildman–Crippen MR) is 47.9 cm³/mol. The van der Waals surface area contributed by atoms with Crippen LogP contribution in [0.15, 0.2) is 18.2 Å². The molecule has 1 N–H and O–H groups in total. The average Bonchev–Trinajstić information content (AvgIpc) is 2.62. The molecule has 1 saturated heterocycles. The fraction of sp³-hybridized carbons (Fsp3) is 0.333. The van der Waals surface area contributed by atoms with Gasteiger partial charge < -0.3 is 4.84 Å². The Labute approximate surface area is 80.6 Å². The Morgan fingerprint density at radius 1 is 1.54 bits per heavy atom. The summed E-state index contributed by atoms with van der Waals surface area (Å²) in [7, 11) is 0. The van der Waals surface area contributed by atoms with Crippen molar-refractivity contribution in [1.29, 1.82) is 0 Å². The molecule has 13 heavy (non-hydrogen) atoms. The maximum atomic E-state index is 12.8. The molecule has 0 bridgehead atoms. The largest absolute Gasteiger partial charge is 0.301 e. The second-order valence-corrected chi connectivity index (χ2v) is 3.39. The van der Waals surface area contributed by atoms with Crippen LogP contribution in [-0.4, -0.2) is 6.61 Å². The van der Waals surface area contributed by atoms with Gasteiger partial charge in [0, 0.05) is 0 Å². The molecule has 0 radical (unpaired) electrons. The maximum Gasteiger partial charge on any atom is 0.141 e. The van der Waals surface area contributed by atoms with E-state index in [2.05, 4.69) is 5.48 Å². The maximum absolute atomic E-state index is 12.8. The molecule has 0 saturated carbocycles. The summed E-state index contributed by atoms with van der Waals surface area (Å²) in [5.74, 6) is -0.385. The van der Waals surface area contributed by atoms with Crippen molar-refractivity contribution in [3.8, 4) is 0 Å². The minimum absolute atomic E-state index is 0.137. The molecule has 1 atom stereocenters. The molecule has 0 spiro atoms. The van der Waals surface area contributed by atoms with E-state index in [1.807, 2.05) is 0 Å². The number of rotatable bonds is 1. The van der Waals surface area contributed by atoms with E-state index in [-0.39, 0.29) is 16.9 Å². The number of hydrogen-bond donors (Lipinski definition) is 1. The van der Waals surface area contributed by atoms with Gasteiger partial charge in [-0.25, -0.2) is 4.39 Å². The van der Waals surface area contributed by atoms with Crippen LogP contribution >= 0.6 is 11.6 Å². The third-order valence-electron chi connectivity index (χ3n) is 2.08. The Bertz CT molecular complexity index is 312. The lowest BCUT2D eigenvalue weighted by atomic mass is 10.1. The van der Waals surface area contributed by atoms with Crippen LogP contribution in [-0.2, 0) is 4.84 Å². The zero-order valence-corrected chi connectivity index (χ0v) is 7.64. The number of benzene rings is 1.